The van der Waals surface area contributed by atoms with E-state index < -0.39 is 5.82 Å². The van der Waals surface area contributed by atoms with Crippen molar-refractivity contribution in [3.8, 4) is 17.1 Å². The van der Waals surface area contributed by atoms with Crippen LogP contribution in [0.2, 0.25) is 5.02 Å². The molecule has 0 spiro atoms. The summed E-state index contributed by atoms with van der Waals surface area (Å²) in [5, 5.41) is 4.52. The maximum atomic E-state index is 16.6. The zero-order valence-electron chi connectivity index (χ0n) is 22.1. The van der Waals surface area contributed by atoms with Crippen molar-refractivity contribution in [1.82, 2.24) is 29.7 Å². The molecule has 3 aliphatic heterocycles. The number of likely N-dealkylation sites (tertiary alicyclic amines) is 1. The Morgan fingerprint density at radius 3 is 2.64 bits per heavy atom. The van der Waals surface area contributed by atoms with E-state index in [-0.39, 0.29) is 22.1 Å². The van der Waals surface area contributed by atoms with E-state index in [9.17, 15) is 0 Å². The highest BCUT2D eigenvalue weighted by Crippen LogP contribution is 2.41. The number of hydrogen-bond acceptors (Lipinski definition) is 8. The molecule has 204 valence electrons. The lowest BCUT2D eigenvalue weighted by Gasteiger charge is -2.34. The van der Waals surface area contributed by atoms with Crippen LogP contribution in [0.25, 0.3) is 33.1 Å². The molecule has 7 rings (SSSR count). The second-order valence-electron chi connectivity index (χ2n) is 11.1. The zero-order valence-corrected chi connectivity index (χ0v) is 22.9. The number of ether oxygens (including phenoxy) is 1. The Balaban J connectivity index is 1.38. The third-order valence-corrected chi connectivity index (χ3v) is 8.95. The number of nitrogens with zero attached hydrogens (tertiary/aromatic N) is 6. The van der Waals surface area contributed by atoms with Crippen molar-refractivity contribution in [2.24, 2.45) is 7.05 Å². The molecule has 3 N–H and O–H groups in total. The molecular weight excluding hydrogens is 519 g/mol. The van der Waals surface area contributed by atoms with Crippen LogP contribution < -0.4 is 20.7 Å². The third kappa shape index (κ3) is 4.16. The zero-order chi connectivity index (χ0) is 26.8. The average molecular weight is 551 g/mol. The van der Waals surface area contributed by atoms with Crippen molar-refractivity contribution < 1.29 is 9.13 Å². The summed E-state index contributed by atoms with van der Waals surface area (Å²) < 4.78 is 24.5. The molecule has 0 aliphatic carbocycles. The standard InChI is InChI=1S/C28H32ClFN8O/c1-36-10-4-5-17(36)14-39-28-34-25-19(26(35-28)38-12-15-8-9-16(13-38)32-15)11-20(29)22(23(25)30)18-6-3-7-21-24(18)33-27(31)37(21)2/h3,6-7,11,15-17,32H,4-5,8-10,12-14H2,1-2H3,(H2,31,33)/t15?,16?,17-/m0/s1. The van der Waals surface area contributed by atoms with E-state index in [0.29, 0.717) is 53.0 Å². The van der Waals surface area contributed by atoms with Gasteiger partial charge in [-0.1, -0.05) is 23.7 Å². The highest BCUT2D eigenvalue weighted by Gasteiger charge is 2.34. The summed E-state index contributed by atoms with van der Waals surface area (Å²) in [5.74, 6) is 0.500. The second-order valence-corrected chi connectivity index (χ2v) is 11.5. The molecule has 3 atom stereocenters. The van der Waals surface area contributed by atoms with Gasteiger partial charge >= 0.3 is 6.01 Å². The number of nitrogens with two attached hydrogens (primary N) is 1. The van der Waals surface area contributed by atoms with Crippen molar-refractivity contribution in [2.75, 3.05) is 43.9 Å². The van der Waals surface area contributed by atoms with Crippen LogP contribution in [0.4, 0.5) is 16.2 Å². The first-order valence-electron chi connectivity index (χ1n) is 13.6. The summed E-state index contributed by atoms with van der Waals surface area (Å²) in [4.78, 5) is 18.5. The Morgan fingerprint density at radius 2 is 1.90 bits per heavy atom. The predicted molar refractivity (Wildman–Crippen MR) is 152 cm³/mol. The number of rotatable bonds is 5. The Morgan fingerprint density at radius 1 is 1.10 bits per heavy atom. The van der Waals surface area contributed by atoms with Crippen molar-refractivity contribution in [3.63, 3.8) is 0 Å². The number of hydrogen-bond donors (Lipinski definition) is 2. The molecule has 2 aromatic heterocycles. The Kier molecular flexibility index (Phi) is 6.02. The normalized spacial score (nSPS) is 23.4. The third-order valence-electron chi connectivity index (χ3n) is 8.65. The quantitative estimate of drug-likeness (QED) is 0.385. The Hall–Kier alpha value is -3.21. The van der Waals surface area contributed by atoms with Crippen LogP contribution in [0, 0.1) is 5.82 Å². The molecule has 3 saturated heterocycles. The Bertz CT molecular complexity index is 1580. The SMILES string of the molecule is CN1CCC[C@H]1COc1nc(N2CC3CCC(C2)N3)c2cc(Cl)c(-c3cccc4c3nc(N)n4C)c(F)c2n1. The summed E-state index contributed by atoms with van der Waals surface area (Å²) >= 11 is 6.84. The van der Waals surface area contributed by atoms with Gasteiger partial charge in [0.2, 0.25) is 5.95 Å². The molecule has 0 amide bonds. The molecule has 3 aliphatic rings. The van der Waals surface area contributed by atoms with E-state index >= 15 is 4.39 Å². The minimum absolute atomic E-state index is 0.191. The number of aryl methyl sites for hydroxylation is 1. The summed E-state index contributed by atoms with van der Waals surface area (Å²) in [6.45, 7) is 3.09. The van der Waals surface area contributed by atoms with E-state index in [2.05, 4.69) is 32.1 Å². The summed E-state index contributed by atoms with van der Waals surface area (Å²) in [7, 11) is 3.93. The monoisotopic (exact) mass is 550 g/mol. The lowest BCUT2D eigenvalue weighted by molar-refractivity contribution is 0.188. The lowest BCUT2D eigenvalue weighted by atomic mass is 10.0. The first kappa shape index (κ1) is 24.8. The molecule has 39 heavy (non-hydrogen) atoms. The van der Waals surface area contributed by atoms with Gasteiger partial charge in [0.25, 0.3) is 0 Å². The number of benzene rings is 2. The van der Waals surface area contributed by atoms with Gasteiger partial charge in [0.05, 0.1) is 16.1 Å². The first-order valence-corrected chi connectivity index (χ1v) is 14.0. The molecule has 2 aromatic carbocycles. The van der Waals surface area contributed by atoms with Crippen LogP contribution in [0.5, 0.6) is 6.01 Å². The molecule has 0 radical (unpaired) electrons. The number of aromatic nitrogens is 4. The second kappa shape index (κ2) is 9.46. The van der Waals surface area contributed by atoms with E-state index in [4.69, 9.17) is 27.1 Å². The molecule has 3 fully saturated rings. The van der Waals surface area contributed by atoms with Crippen LogP contribution in [0.3, 0.4) is 0 Å². The largest absolute Gasteiger partial charge is 0.462 e. The van der Waals surface area contributed by atoms with Gasteiger partial charge in [0.1, 0.15) is 17.9 Å². The molecule has 9 nitrogen and oxygen atoms in total. The molecule has 4 aromatic rings. The van der Waals surface area contributed by atoms with Gasteiger partial charge in [-0.3, -0.25) is 0 Å². The minimum Gasteiger partial charge on any atom is -0.462 e. The predicted octanol–water partition coefficient (Wildman–Crippen LogP) is 3.97. The van der Waals surface area contributed by atoms with Crippen molar-refractivity contribution in [3.05, 3.63) is 35.1 Å². The van der Waals surface area contributed by atoms with Gasteiger partial charge in [-0.25, -0.2) is 9.37 Å². The molecule has 0 saturated carbocycles. The van der Waals surface area contributed by atoms with Crippen molar-refractivity contribution in [1.29, 1.82) is 0 Å². The summed E-state index contributed by atoms with van der Waals surface area (Å²) in [6.07, 6.45) is 4.44. The number of fused-ring (bicyclic) bond motifs is 4. The number of para-hydroxylation sites is 1. The van der Waals surface area contributed by atoms with Gasteiger partial charge in [-0.2, -0.15) is 9.97 Å². The van der Waals surface area contributed by atoms with Crippen LogP contribution in [0.1, 0.15) is 25.7 Å². The van der Waals surface area contributed by atoms with Gasteiger partial charge in [-0.15, -0.1) is 0 Å². The fraction of sp³-hybridized carbons (Fsp3) is 0.464. The lowest BCUT2D eigenvalue weighted by Crippen LogP contribution is -2.51. The number of halogens is 2. The number of nitrogens with one attached hydrogen (secondary N) is 1. The first-order chi connectivity index (χ1) is 18.9. The Labute approximate surface area is 231 Å². The van der Waals surface area contributed by atoms with Gasteiger partial charge in [0, 0.05) is 54.8 Å². The summed E-state index contributed by atoms with van der Waals surface area (Å²) in [6, 6.07) is 8.61. The molecular formula is C28H32ClFN8O. The molecule has 2 bridgehead atoms. The van der Waals surface area contributed by atoms with Gasteiger partial charge < -0.3 is 30.2 Å². The van der Waals surface area contributed by atoms with Gasteiger partial charge in [-0.05, 0) is 51.4 Å². The van der Waals surface area contributed by atoms with Crippen LogP contribution in [-0.4, -0.2) is 75.8 Å². The number of likely N-dealkylation sites (N-methyl/N-ethyl adjacent to an activating group) is 1. The number of imidazole rings is 1. The fourth-order valence-corrected chi connectivity index (χ4v) is 6.77. The van der Waals surface area contributed by atoms with E-state index in [1.807, 2.05) is 25.2 Å². The highest BCUT2D eigenvalue weighted by atomic mass is 35.5. The van der Waals surface area contributed by atoms with E-state index in [1.54, 1.807) is 10.6 Å². The van der Waals surface area contributed by atoms with Crippen LogP contribution >= 0.6 is 11.6 Å². The van der Waals surface area contributed by atoms with E-state index in [0.717, 1.165) is 50.8 Å². The van der Waals surface area contributed by atoms with E-state index in [1.165, 1.54) is 0 Å². The number of nitrogen functional groups attached to an aromatic ring is 1. The van der Waals surface area contributed by atoms with Crippen LogP contribution in [0.15, 0.2) is 24.3 Å². The smallest absolute Gasteiger partial charge is 0.319 e. The minimum atomic E-state index is -0.515. The summed E-state index contributed by atoms with van der Waals surface area (Å²) in [5.41, 5.74) is 8.48. The maximum absolute atomic E-state index is 16.6. The number of piperazine rings is 1. The molecule has 2 unspecified atom stereocenters. The maximum Gasteiger partial charge on any atom is 0.319 e. The van der Waals surface area contributed by atoms with Crippen molar-refractivity contribution in [2.45, 2.75) is 43.8 Å². The topological polar surface area (TPSA) is 97.4 Å². The van der Waals surface area contributed by atoms with Crippen LogP contribution in [-0.2, 0) is 7.05 Å². The average Bonchev–Trinajstić information content (AvgIpc) is 3.59. The van der Waals surface area contributed by atoms with Gasteiger partial charge in [0.15, 0.2) is 5.82 Å². The fourth-order valence-electron chi connectivity index (χ4n) is 6.48. The highest BCUT2D eigenvalue weighted by molar-refractivity contribution is 6.35. The number of anilines is 2. The molecule has 11 heteroatoms. The molecule has 5 heterocycles. The van der Waals surface area contributed by atoms with Crippen molar-refractivity contribution >= 4 is 45.3 Å².